The van der Waals surface area contributed by atoms with Crippen LogP contribution in [0.3, 0.4) is 0 Å². The summed E-state index contributed by atoms with van der Waals surface area (Å²) in [6.45, 7) is 1.17. The summed E-state index contributed by atoms with van der Waals surface area (Å²) in [5, 5.41) is 9.48. The van der Waals surface area contributed by atoms with Gasteiger partial charge in [0, 0.05) is 37.3 Å². The zero-order valence-corrected chi connectivity index (χ0v) is 18.6. The van der Waals surface area contributed by atoms with Crippen molar-refractivity contribution in [2.45, 2.75) is 50.2 Å². The van der Waals surface area contributed by atoms with E-state index in [1.807, 2.05) is 36.4 Å². The molecule has 2 heterocycles. The Balaban J connectivity index is 1.55. The molecule has 0 spiro atoms. The molecule has 4 rings (SSSR count). The average Bonchev–Trinajstić information content (AvgIpc) is 3.32. The third-order valence-electron chi connectivity index (χ3n) is 6.04. The molecular formula is C25H31FO6. The van der Waals surface area contributed by atoms with Gasteiger partial charge >= 0.3 is 0 Å². The van der Waals surface area contributed by atoms with Crippen LogP contribution >= 0.6 is 0 Å². The molecule has 174 valence electrons. The number of aliphatic hydroxyl groups is 1. The van der Waals surface area contributed by atoms with E-state index in [1.54, 1.807) is 14.2 Å². The monoisotopic (exact) mass is 446 g/mol. The Morgan fingerprint density at radius 3 is 2.50 bits per heavy atom. The number of hydrogen-bond donors (Lipinski definition) is 1. The van der Waals surface area contributed by atoms with Crippen molar-refractivity contribution in [2.75, 3.05) is 34.0 Å². The fourth-order valence-electron chi connectivity index (χ4n) is 4.36. The van der Waals surface area contributed by atoms with Crippen LogP contribution in [0.4, 0.5) is 4.39 Å². The van der Waals surface area contributed by atoms with Crippen LogP contribution in [-0.4, -0.2) is 57.5 Å². The van der Waals surface area contributed by atoms with Gasteiger partial charge in [-0.3, -0.25) is 0 Å². The number of aliphatic hydroxyl groups excluding tert-OH is 1. The molecule has 4 atom stereocenters. The zero-order chi connectivity index (χ0) is 22.5. The topological polar surface area (TPSA) is 66.4 Å². The van der Waals surface area contributed by atoms with Gasteiger partial charge < -0.3 is 28.8 Å². The maximum absolute atomic E-state index is 14.3. The molecule has 2 aliphatic heterocycles. The van der Waals surface area contributed by atoms with Gasteiger partial charge in [0.15, 0.2) is 0 Å². The summed E-state index contributed by atoms with van der Waals surface area (Å²) >= 11 is 0. The Hall–Kier alpha value is -2.35. The van der Waals surface area contributed by atoms with Gasteiger partial charge in [-0.25, -0.2) is 4.39 Å². The van der Waals surface area contributed by atoms with Crippen molar-refractivity contribution in [3.05, 3.63) is 53.1 Å². The molecule has 32 heavy (non-hydrogen) atoms. The predicted molar refractivity (Wildman–Crippen MR) is 117 cm³/mol. The SMILES string of the molecule is COc1cc(OC)c([C@H]2C[C@@H](F)C[C@@H](CO)O2)cc1Cc1ccc(O[C@H]2CCOC2)cc1. The summed E-state index contributed by atoms with van der Waals surface area (Å²) in [4.78, 5) is 0. The van der Waals surface area contributed by atoms with Gasteiger partial charge in [0.1, 0.15) is 29.5 Å². The van der Waals surface area contributed by atoms with Crippen molar-refractivity contribution in [3.63, 3.8) is 0 Å². The molecule has 0 saturated carbocycles. The van der Waals surface area contributed by atoms with Gasteiger partial charge in [-0.05, 0) is 29.3 Å². The molecular weight excluding hydrogens is 415 g/mol. The number of alkyl halides is 1. The van der Waals surface area contributed by atoms with E-state index in [-0.39, 0.29) is 25.6 Å². The van der Waals surface area contributed by atoms with Crippen LogP contribution in [0.1, 0.15) is 42.1 Å². The fourth-order valence-corrected chi connectivity index (χ4v) is 4.36. The predicted octanol–water partition coefficient (Wildman–Crippen LogP) is 4.01. The standard InChI is InChI=1S/C25H31FO6/c1-28-23-13-24(29-2)22(25-12-18(26)11-21(14-27)32-25)10-17(23)9-16-3-5-19(6-4-16)31-20-7-8-30-15-20/h3-6,10,13,18,20-21,25,27H,7-9,11-12,14-15H2,1-2H3/t18-,20-,21-,25+/m0/s1. The Morgan fingerprint density at radius 2 is 1.84 bits per heavy atom. The molecule has 0 amide bonds. The molecule has 2 aliphatic rings. The quantitative estimate of drug-likeness (QED) is 0.661. The first-order valence-electron chi connectivity index (χ1n) is 11.1. The molecule has 6 nitrogen and oxygen atoms in total. The van der Waals surface area contributed by atoms with E-state index in [2.05, 4.69) is 0 Å². The first kappa shape index (κ1) is 22.8. The summed E-state index contributed by atoms with van der Waals surface area (Å²) < 4.78 is 42.7. The van der Waals surface area contributed by atoms with Crippen molar-refractivity contribution >= 4 is 0 Å². The second-order valence-corrected chi connectivity index (χ2v) is 8.33. The largest absolute Gasteiger partial charge is 0.496 e. The van der Waals surface area contributed by atoms with E-state index in [0.717, 1.165) is 35.5 Å². The van der Waals surface area contributed by atoms with Crippen molar-refractivity contribution in [1.82, 2.24) is 0 Å². The number of methoxy groups -OCH3 is 2. The molecule has 0 bridgehead atoms. The molecule has 0 radical (unpaired) electrons. The van der Waals surface area contributed by atoms with Crippen LogP contribution in [0.5, 0.6) is 17.2 Å². The molecule has 2 aromatic carbocycles. The van der Waals surface area contributed by atoms with Crippen LogP contribution in [-0.2, 0) is 15.9 Å². The lowest BCUT2D eigenvalue weighted by Gasteiger charge is -2.32. The van der Waals surface area contributed by atoms with Gasteiger partial charge in [-0.2, -0.15) is 0 Å². The van der Waals surface area contributed by atoms with Crippen molar-refractivity contribution in [2.24, 2.45) is 0 Å². The summed E-state index contributed by atoms with van der Waals surface area (Å²) in [6.07, 6.45) is 0.0592. The zero-order valence-electron chi connectivity index (χ0n) is 18.6. The highest BCUT2D eigenvalue weighted by molar-refractivity contribution is 5.49. The van der Waals surface area contributed by atoms with E-state index >= 15 is 0 Å². The summed E-state index contributed by atoms with van der Waals surface area (Å²) in [6, 6.07) is 11.8. The first-order chi connectivity index (χ1) is 15.6. The number of ether oxygens (including phenoxy) is 5. The van der Waals surface area contributed by atoms with Crippen LogP contribution < -0.4 is 14.2 Å². The average molecular weight is 447 g/mol. The van der Waals surface area contributed by atoms with E-state index in [1.165, 1.54) is 0 Å². The minimum absolute atomic E-state index is 0.114. The second-order valence-electron chi connectivity index (χ2n) is 8.33. The number of rotatable bonds is 8. The first-order valence-corrected chi connectivity index (χ1v) is 11.1. The number of benzene rings is 2. The van der Waals surface area contributed by atoms with Gasteiger partial charge in [0.2, 0.25) is 0 Å². The van der Waals surface area contributed by atoms with Crippen molar-refractivity contribution < 1.29 is 33.2 Å². The Kier molecular flexibility index (Phi) is 7.50. The van der Waals surface area contributed by atoms with Gasteiger partial charge in [0.25, 0.3) is 0 Å². The second kappa shape index (κ2) is 10.5. The highest BCUT2D eigenvalue weighted by Gasteiger charge is 2.32. The van der Waals surface area contributed by atoms with Gasteiger partial charge in [0.05, 0.1) is 46.2 Å². The summed E-state index contributed by atoms with van der Waals surface area (Å²) in [5.74, 6) is 2.11. The molecule has 0 aliphatic carbocycles. The normalized spacial score (nSPS) is 25.5. The summed E-state index contributed by atoms with van der Waals surface area (Å²) in [5.41, 5.74) is 2.81. The van der Waals surface area contributed by atoms with Crippen LogP contribution in [0.15, 0.2) is 36.4 Å². The van der Waals surface area contributed by atoms with E-state index in [0.29, 0.717) is 24.5 Å². The molecule has 2 saturated heterocycles. The molecule has 2 fully saturated rings. The molecule has 1 N–H and O–H groups in total. The fraction of sp³-hybridized carbons (Fsp3) is 0.520. The van der Waals surface area contributed by atoms with Crippen LogP contribution in [0.25, 0.3) is 0 Å². The molecule has 0 aromatic heterocycles. The smallest absolute Gasteiger partial charge is 0.128 e. The van der Waals surface area contributed by atoms with Crippen LogP contribution in [0.2, 0.25) is 0 Å². The van der Waals surface area contributed by atoms with E-state index in [4.69, 9.17) is 23.7 Å². The maximum atomic E-state index is 14.3. The van der Waals surface area contributed by atoms with Gasteiger partial charge in [-0.1, -0.05) is 12.1 Å². The lowest BCUT2D eigenvalue weighted by Crippen LogP contribution is -2.31. The molecule has 2 aromatic rings. The minimum Gasteiger partial charge on any atom is -0.496 e. The van der Waals surface area contributed by atoms with Crippen LogP contribution in [0, 0.1) is 0 Å². The highest BCUT2D eigenvalue weighted by atomic mass is 19.1. The summed E-state index contributed by atoms with van der Waals surface area (Å²) in [7, 11) is 3.19. The maximum Gasteiger partial charge on any atom is 0.128 e. The third kappa shape index (κ3) is 5.34. The molecule has 7 heteroatoms. The van der Waals surface area contributed by atoms with Crippen molar-refractivity contribution in [1.29, 1.82) is 0 Å². The number of hydrogen-bond acceptors (Lipinski definition) is 6. The van der Waals surface area contributed by atoms with E-state index in [9.17, 15) is 9.50 Å². The Labute approximate surface area is 188 Å². The lowest BCUT2D eigenvalue weighted by atomic mass is 9.93. The molecule has 0 unspecified atom stereocenters. The van der Waals surface area contributed by atoms with Crippen molar-refractivity contribution in [3.8, 4) is 17.2 Å². The lowest BCUT2D eigenvalue weighted by molar-refractivity contribution is -0.0980. The highest BCUT2D eigenvalue weighted by Crippen LogP contribution is 2.41. The minimum atomic E-state index is -1.03. The van der Waals surface area contributed by atoms with E-state index < -0.39 is 18.4 Å². The number of halogens is 1. The van der Waals surface area contributed by atoms with Gasteiger partial charge in [-0.15, -0.1) is 0 Å². The Morgan fingerprint density at radius 1 is 1.06 bits per heavy atom. The Bertz CT molecular complexity index is 881. The third-order valence-corrected chi connectivity index (χ3v) is 6.04.